The van der Waals surface area contributed by atoms with Crippen molar-refractivity contribution in [2.24, 2.45) is 10.6 Å². The quantitative estimate of drug-likeness (QED) is 0.259. The summed E-state index contributed by atoms with van der Waals surface area (Å²) in [7, 11) is 0. The van der Waals surface area contributed by atoms with Gasteiger partial charge in [-0.05, 0) is 16.8 Å². The minimum Gasteiger partial charge on any atom is -0.409 e. The van der Waals surface area contributed by atoms with E-state index in [4.69, 9.17) is 5.21 Å². The maximum atomic E-state index is 10.6. The summed E-state index contributed by atoms with van der Waals surface area (Å²) < 4.78 is 1.41. The molecule has 1 aromatic heterocycles. The van der Waals surface area contributed by atoms with E-state index in [0.29, 0.717) is 11.5 Å². The zero-order chi connectivity index (χ0) is 12.5. The molecular weight excluding hydrogens is 212 g/mol. The molecule has 0 fully saturated rings. The lowest BCUT2D eigenvalue weighted by molar-refractivity contribution is -0.389. The fourth-order valence-electron chi connectivity index (χ4n) is 1.35. The molecule has 0 saturated heterocycles. The molecule has 7 nitrogen and oxygen atoms in total. The van der Waals surface area contributed by atoms with E-state index in [1.807, 2.05) is 20.8 Å². The molecule has 1 rings (SSSR count). The Bertz CT molecular complexity index is 442. The highest BCUT2D eigenvalue weighted by molar-refractivity contribution is 5.89. The molecule has 0 bridgehead atoms. The highest BCUT2D eigenvalue weighted by Gasteiger charge is 2.27. The van der Waals surface area contributed by atoms with Gasteiger partial charge in [-0.2, -0.15) is 0 Å². The third kappa shape index (κ3) is 2.02. The van der Waals surface area contributed by atoms with Crippen molar-refractivity contribution in [3.63, 3.8) is 0 Å². The van der Waals surface area contributed by atoms with E-state index in [2.05, 4.69) is 10.1 Å². The third-order valence-electron chi connectivity index (χ3n) is 2.15. The maximum absolute atomic E-state index is 10.6. The summed E-state index contributed by atoms with van der Waals surface area (Å²) in [5, 5.41) is 22.8. The Morgan fingerprint density at radius 3 is 2.50 bits per heavy atom. The molecule has 16 heavy (non-hydrogen) atoms. The minimum atomic E-state index is -0.566. The molecule has 0 aliphatic rings. The molecule has 1 N–H and O–H groups in total. The van der Waals surface area contributed by atoms with Crippen LogP contribution in [0.2, 0.25) is 0 Å². The number of nitrogens with zero attached hydrogens (tertiary/aromatic N) is 4. The second kappa shape index (κ2) is 3.92. The Balaban J connectivity index is 3.30. The van der Waals surface area contributed by atoms with Crippen molar-refractivity contribution in [3.8, 4) is 0 Å². The molecule has 1 aromatic rings. The predicted molar refractivity (Wildman–Crippen MR) is 57.7 cm³/mol. The van der Waals surface area contributed by atoms with Crippen molar-refractivity contribution in [2.45, 2.75) is 27.7 Å². The monoisotopic (exact) mass is 226 g/mol. The molecule has 88 valence electrons. The second-order valence-corrected chi connectivity index (χ2v) is 4.45. The number of hydrogen-bond donors (Lipinski definition) is 1. The van der Waals surface area contributed by atoms with E-state index >= 15 is 0 Å². The average molecular weight is 226 g/mol. The van der Waals surface area contributed by atoms with Gasteiger partial charge in [0, 0.05) is 5.41 Å². The fourth-order valence-corrected chi connectivity index (χ4v) is 1.35. The van der Waals surface area contributed by atoms with E-state index in [1.54, 1.807) is 6.92 Å². The zero-order valence-corrected chi connectivity index (χ0v) is 9.63. The molecule has 0 spiro atoms. The largest absolute Gasteiger partial charge is 0.409 e. The van der Waals surface area contributed by atoms with Gasteiger partial charge < -0.3 is 15.3 Å². The van der Waals surface area contributed by atoms with Gasteiger partial charge in [0.15, 0.2) is 5.84 Å². The fraction of sp³-hybridized carbons (Fsp3) is 0.556. The summed E-state index contributed by atoms with van der Waals surface area (Å²) >= 11 is 0. The van der Waals surface area contributed by atoms with Crippen molar-refractivity contribution in [3.05, 3.63) is 22.1 Å². The first-order valence-electron chi connectivity index (χ1n) is 4.70. The lowest BCUT2D eigenvalue weighted by Gasteiger charge is -2.20. The maximum Gasteiger partial charge on any atom is 0.384 e. The molecule has 0 aliphatic carbocycles. The van der Waals surface area contributed by atoms with Crippen LogP contribution >= 0.6 is 0 Å². The molecule has 0 aliphatic heterocycles. The average Bonchev–Trinajstić information content (AvgIpc) is 2.47. The Hall–Kier alpha value is -1.92. The number of aromatic nitrogens is 2. The normalized spacial score (nSPS) is 12.9. The van der Waals surface area contributed by atoms with Crippen molar-refractivity contribution in [2.75, 3.05) is 0 Å². The van der Waals surface area contributed by atoms with Gasteiger partial charge in [0.2, 0.25) is 6.33 Å². The van der Waals surface area contributed by atoms with Gasteiger partial charge in [0.25, 0.3) is 0 Å². The van der Waals surface area contributed by atoms with Crippen LogP contribution in [0.4, 0.5) is 5.82 Å². The van der Waals surface area contributed by atoms with Crippen molar-refractivity contribution < 1.29 is 10.1 Å². The Kier molecular flexibility index (Phi) is 2.97. The molecule has 1 heterocycles. The summed E-state index contributed by atoms with van der Waals surface area (Å²) in [6.07, 6.45) is 1.29. The smallest absolute Gasteiger partial charge is 0.384 e. The molecule has 0 radical (unpaired) electrons. The summed E-state index contributed by atoms with van der Waals surface area (Å²) in [5.74, 6) is 0.0796. The standard InChI is InChI=1S/C9H14N4O3/c1-6-7(13(15)16)10-5-12(6)8(11-14)9(2,3)4/h5,14H,1-4H3/b11-8+. The van der Waals surface area contributed by atoms with Crippen LogP contribution in [0.5, 0.6) is 0 Å². The van der Waals surface area contributed by atoms with E-state index in [-0.39, 0.29) is 5.82 Å². The van der Waals surface area contributed by atoms with Crippen LogP contribution in [-0.2, 0) is 0 Å². The van der Waals surface area contributed by atoms with Crippen LogP contribution in [0.15, 0.2) is 11.5 Å². The van der Waals surface area contributed by atoms with Crippen molar-refractivity contribution in [1.29, 1.82) is 0 Å². The number of nitro groups is 1. The first-order valence-corrected chi connectivity index (χ1v) is 4.70. The van der Waals surface area contributed by atoms with Crippen LogP contribution in [0.25, 0.3) is 0 Å². The molecule has 0 amide bonds. The van der Waals surface area contributed by atoms with Crippen LogP contribution in [0.3, 0.4) is 0 Å². The molecule has 0 atom stereocenters. The molecule has 0 unspecified atom stereocenters. The number of oxime groups is 1. The Morgan fingerprint density at radius 2 is 2.19 bits per heavy atom. The zero-order valence-electron chi connectivity index (χ0n) is 9.63. The minimum absolute atomic E-state index is 0.231. The summed E-state index contributed by atoms with van der Waals surface area (Å²) in [5.41, 5.74) is -0.0959. The lowest BCUT2D eigenvalue weighted by Crippen LogP contribution is -2.28. The summed E-state index contributed by atoms with van der Waals surface area (Å²) in [6, 6.07) is 0. The van der Waals surface area contributed by atoms with E-state index < -0.39 is 10.3 Å². The molecule has 0 aromatic carbocycles. The second-order valence-electron chi connectivity index (χ2n) is 4.45. The third-order valence-corrected chi connectivity index (χ3v) is 2.15. The van der Waals surface area contributed by atoms with E-state index in [9.17, 15) is 10.1 Å². The van der Waals surface area contributed by atoms with Crippen molar-refractivity contribution >= 4 is 11.7 Å². The van der Waals surface area contributed by atoms with Gasteiger partial charge in [-0.15, -0.1) is 0 Å². The van der Waals surface area contributed by atoms with Crippen LogP contribution in [0, 0.1) is 22.5 Å². The highest BCUT2D eigenvalue weighted by Crippen LogP contribution is 2.22. The summed E-state index contributed by atoms with van der Waals surface area (Å²) in [6.45, 7) is 7.08. The first kappa shape index (κ1) is 12.2. The van der Waals surface area contributed by atoms with Crippen molar-refractivity contribution in [1.82, 2.24) is 9.55 Å². The summed E-state index contributed by atoms with van der Waals surface area (Å²) in [4.78, 5) is 13.7. The Labute approximate surface area is 92.6 Å². The Morgan fingerprint density at radius 1 is 1.62 bits per heavy atom. The van der Waals surface area contributed by atoms with Gasteiger partial charge in [-0.3, -0.25) is 4.57 Å². The van der Waals surface area contributed by atoms with E-state index in [1.165, 1.54) is 10.9 Å². The topological polar surface area (TPSA) is 93.5 Å². The van der Waals surface area contributed by atoms with Gasteiger partial charge in [-0.25, -0.2) is 0 Å². The van der Waals surface area contributed by atoms with Gasteiger partial charge >= 0.3 is 5.82 Å². The van der Waals surface area contributed by atoms with Crippen LogP contribution < -0.4 is 0 Å². The molecule has 0 saturated carbocycles. The number of hydrogen-bond acceptors (Lipinski definition) is 5. The number of imidazole rings is 1. The highest BCUT2D eigenvalue weighted by atomic mass is 16.6. The van der Waals surface area contributed by atoms with Gasteiger partial charge in [0.1, 0.15) is 5.69 Å². The van der Waals surface area contributed by atoms with Gasteiger partial charge in [0.05, 0.1) is 0 Å². The number of rotatable bonds is 1. The lowest BCUT2D eigenvalue weighted by atomic mass is 9.95. The SMILES string of the molecule is Cc1c([N+](=O)[O-])ncn1/C(=N/O)C(C)(C)C. The molecule has 7 heteroatoms. The molecular formula is C9H14N4O3. The first-order chi connectivity index (χ1) is 7.29. The van der Waals surface area contributed by atoms with E-state index in [0.717, 1.165) is 0 Å². The van der Waals surface area contributed by atoms with Crippen LogP contribution in [0.1, 0.15) is 26.5 Å². The van der Waals surface area contributed by atoms with Gasteiger partial charge in [-0.1, -0.05) is 25.9 Å². The van der Waals surface area contributed by atoms with Crippen LogP contribution in [-0.4, -0.2) is 25.5 Å². The predicted octanol–water partition coefficient (Wildman–Crippen LogP) is 1.78.